The van der Waals surface area contributed by atoms with E-state index in [1.54, 1.807) is 0 Å². The molecule has 0 aliphatic carbocycles. The number of hydrogen-bond donors (Lipinski definition) is 2. The van der Waals surface area contributed by atoms with Gasteiger partial charge in [0.05, 0.1) is 12.6 Å². The Bertz CT molecular complexity index is 923. The van der Waals surface area contributed by atoms with Crippen LogP contribution in [0.2, 0.25) is 0 Å². The van der Waals surface area contributed by atoms with Gasteiger partial charge in [-0.2, -0.15) is 0 Å². The molecule has 2 aromatic rings. The van der Waals surface area contributed by atoms with Gasteiger partial charge in [-0.1, -0.05) is 44.2 Å². The lowest BCUT2D eigenvalue weighted by molar-refractivity contribution is -0.132. The van der Waals surface area contributed by atoms with E-state index in [-0.39, 0.29) is 30.3 Å². The maximum atomic E-state index is 12.6. The van der Waals surface area contributed by atoms with Crippen molar-refractivity contribution >= 4 is 23.2 Å². The number of nitrogens with one attached hydrogen (secondary N) is 2. The van der Waals surface area contributed by atoms with Gasteiger partial charge >= 0.3 is 0 Å². The molecule has 2 fully saturated rings. The number of carbonyl (C=O) groups excluding carboxylic acids is 2. The lowest BCUT2D eigenvalue weighted by Crippen LogP contribution is -2.58. The van der Waals surface area contributed by atoms with E-state index in [2.05, 4.69) is 62.9 Å². The van der Waals surface area contributed by atoms with E-state index in [4.69, 9.17) is 0 Å². The smallest absolute Gasteiger partial charge is 0.238 e. The number of piperazine rings is 2. The molecule has 1 atom stereocenters. The first-order valence-electron chi connectivity index (χ1n) is 11.9. The van der Waals surface area contributed by atoms with E-state index < -0.39 is 0 Å². The molecule has 0 aromatic heterocycles. The molecule has 2 saturated heterocycles. The highest BCUT2D eigenvalue weighted by Crippen LogP contribution is 2.21. The van der Waals surface area contributed by atoms with Crippen LogP contribution in [0.25, 0.3) is 0 Å². The SMILES string of the molecule is CC(C)C1C(=O)NCCN1CC(=O)Nc1ccc(N2CCN(Cc3ccccc3)CC2)cc1. The van der Waals surface area contributed by atoms with E-state index in [1.165, 1.54) is 11.3 Å². The molecule has 0 radical (unpaired) electrons. The third-order valence-corrected chi connectivity index (χ3v) is 6.48. The van der Waals surface area contributed by atoms with Crippen LogP contribution in [0.3, 0.4) is 0 Å². The minimum atomic E-state index is -0.257. The summed E-state index contributed by atoms with van der Waals surface area (Å²) in [6.45, 7) is 10.6. The first kappa shape index (κ1) is 23.3. The molecule has 33 heavy (non-hydrogen) atoms. The van der Waals surface area contributed by atoms with Crippen molar-refractivity contribution in [2.75, 3.05) is 56.0 Å². The van der Waals surface area contributed by atoms with Gasteiger partial charge in [0.25, 0.3) is 0 Å². The Kier molecular flexibility index (Phi) is 7.62. The van der Waals surface area contributed by atoms with Crippen molar-refractivity contribution in [3.63, 3.8) is 0 Å². The van der Waals surface area contributed by atoms with Crippen molar-refractivity contribution in [1.29, 1.82) is 0 Å². The highest BCUT2D eigenvalue weighted by atomic mass is 16.2. The lowest BCUT2D eigenvalue weighted by Gasteiger charge is -2.36. The van der Waals surface area contributed by atoms with Gasteiger partial charge in [-0.3, -0.25) is 19.4 Å². The van der Waals surface area contributed by atoms with Crippen LogP contribution in [0.1, 0.15) is 19.4 Å². The second-order valence-electron chi connectivity index (χ2n) is 9.29. The van der Waals surface area contributed by atoms with Crippen molar-refractivity contribution in [2.24, 2.45) is 5.92 Å². The van der Waals surface area contributed by atoms with Gasteiger partial charge in [-0.15, -0.1) is 0 Å². The molecular weight excluding hydrogens is 414 g/mol. The van der Waals surface area contributed by atoms with Crippen LogP contribution in [-0.2, 0) is 16.1 Å². The predicted molar refractivity (Wildman–Crippen MR) is 132 cm³/mol. The number of nitrogens with zero attached hydrogens (tertiary/aromatic N) is 3. The Labute approximate surface area is 196 Å². The average Bonchev–Trinajstić information content (AvgIpc) is 2.80. The molecule has 2 N–H and O–H groups in total. The first-order valence-corrected chi connectivity index (χ1v) is 11.9. The Morgan fingerprint density at radius 1 is 1.00 bits per heavy atom. The number of benzene rings is 2. The largest absolute Gasteiger partial charge is 0.369 e. The molecule has 176 valence electrons. The summed E-state index contributed by atoms with van der Waals surface area (Å²) in [5.41, 5.74) is 3.32. The van der Waals surface area contributed by atoms with Crippen LogP contribution in [0, 0.1) is 5.92 Å². The van der Waals surface area contributed by atoms with Crippen molar-refractivity contribution in [3.05, 3.63) is 60.2 Å². The number of amides is 2. The summed E-state index contributed by atoms with van der Waals surface area (Å²) in [5, 5.41) is 5.89. The fraction of sp³-hybridized carbons (Fsp3) is 0.462. The summed E-state index contributed by atoms with van der Waals surface area (Å²) in [5.74, 6) is 0.0837. The molecule has 1 unspecified atom stereocenters. The zero-order valence-electron chi connectivity index (χ0n) is 19.7. The second-order valence-corrected chi connectivity index (χ2v) is 9.29. The topological polar surface area (TPSA) is 67.9 Å². The summed E-state index contributed by atoms with van der Waals surface area (Å²) in [6, 6.07) is 18.4. The monoisotopic (exact) mass is 449 g/mol. The van der Waals surface area contributed by atoms with Crippen molar-refractivity contribution in [1.82, 2.24) is 15.1 Å². The van der Waals surface area contributed by atoms with Crippen molar-refractivity contribution in [3.8, 4) is 0 Å². The molecular formula is C26H35N5O2. The van der Waals surface area contributed by atoms with Crippen LogP contribution in [0.15, 0.2) is 54.6 Å². The van der Waals surface area contributed by atoms with E-state index in [0.29, 0.717) is 13.1 Å². The summed E-state index contributed by atoms with van der Waals surface area (Å²) >= 11 is 0. The molecule has 0 saturated carbocycles. The van der Waals surface area contributed by atoms with Crippen molar-refractivity contribution in [2.45, 2.75) is 26.4 Å². The van der Waals surface area contributed by atoms with Gasteiger partial charge in [-0.05, 0) is 35.7 Å². The fourth-order valence-electron chi connectivity index (χ4n) is 4.78. The highest BCUT2D eigenvalue weighted by Gasteiger charge is 2.33. The first-order chi connectivity index (χ1) is 16.0. The summed E-state index contributed by atoms with van der Waals surface area (Å²) < 4.78 is 0. The van der Waals surface area contributed by atoms with E-state index in [0.717, 1.165) is 38.4 Å². The second kappa shape index (κ2) is 10.8. The molecule has 2 heterocycles. The molecule has 0 bridgehead atoms. The standard InChI is InChI=1S/C26H35N5O2/c1-20(2)25-26(33)27-12-13-31(25)19-24(32)28-22-8-10-23(11-9-22)30-16-14-29(15-17-30)18-21-6-4-3-5-7-21/h3-11,20,25H,12-19H2,1-2H3,(H,27,33)(H,28,32). The molecule has 2 aliphatic heterocycles. The zero-order chi connectivity index (χ0) is 23.2. The summed E-state index contributed by atoms with van der Waals surface area (Å²) in [4.78, 5) is 31.7. The van der Waals surface area contributed by atoms with E-state index >= 15 is 0 Å². The van der Waals surface area contributed by atoms with E-state index in [9.17, 15) is 9.59 Å². The Balaban J connectivity index is 1.26. The van der Waals surface area contributed by atoms with Gasteiger partial charge < -0.3 is 15.5 Å². The maximum Gasteiger partial charge on any atom is 0.238 e. The lowest BCUT2D eigenvalue weighted by atomic mass is 9.99. The predicted octanol–water partition coefficient (Wildman–Crippen LogP) is 2.40. The van der Waals surface area contributed by atoms with Gasteiger partial charge in [0.1, 0.15) is 0 Å². The average molecular weight is 450 g/mol. The van der Waals surface area contributed by atoms with Crippen LogP contribution < -0.4 is 15.5 Å². The molecule has 2 aliphatic rings. The van der Waals surface area contributed by atoms with Crippen molar-refractivity contribution < 1.29 is 9.59 Å². The van der Waals surface area contributed by atoms with Crippen LogP contribution in [-0.4, -0.2) is 73.5 Å². The zero-order valence-corrected chi connectivity index (χ0v) is 19.7. The van der Waals surface area contributed by atoms with Crippen LogP contribution in [0.4, 0.5) is 11.4 Å². The highest BCUT2D eigenvalue weighted by molar-refractivity contribution is 5.93. The number of carbonyl (C=O) groups is 2. The van der Waals surface area contributed by atoms with Crippen LogP contribution in [0.5, 0.6) is 0 Å². The normalized spacial score (nSPS) is 20.0. The number of hydrogen-bond acceptors (Lipinski definition) is 5. The Morgan fingerprint density at radius 2 is 1.70 bits per heavy atom. The molecule has 4 rings (SSSR count). The van der Waals surface area contributed by atoms with Gasteiger partial charge in [0.2, 0.25) is 11.8 Å². The minimum Gasteiger partial charge on any atom is -0.369 e. The molecule has 0 spiro atoms. The third kappa shape index (κ3) is 6.12. The van der Waals surface area contributed by atoms with Gasteiger partial charge in [0.15, 0.2) is 0 Å². The fourth-order valence-corrected chi connectivity index (χ4v) is 4.78. The number of rotatable bonds is 7. The molecule has 2 aromatic carbocycles. The molecule has 7 nitrogen and oxygen atoms in total. The van der Waals surface area contributed by atoms with E-state index in [1.807, 2.05) is 30.9 Å². The molecule has 7 heteroatoms. The Hall–Kier alpha value is -2.90. The van der Waals surface area contributed by atoms with Gasteiger partial charge in [-0.25, -0.2) is 0 Å². The van der Waals surface area contributed by atoms with Crippen LogP contribution >= 0.6 is 0 Å². The summed E-state index contributed by atoms with van der Waals surface area (Å²) in [7, 11) is 0. The quantitative estimate of drug-likeness (QED) is 0.680. The Morgan fingerprint density at radius 3 is 2.36 bits per heavy atom. The number of anilines is 2. The van der Waals surface area contributed by atoms with Gasteiger partial charge in [0, 0.05) is 57.2 Å². The minimum absolute atomic E-state index is 0.0114. The maximum absolute atomic E-state index is 12.6. The summed E-state index contributed by atoms with van der Waals surface area (Å²) in [6.07, 6.45) is 0. The molecule has 2 amide bonds. The third-order valence-electron chi connectivity index (χ3n) is 6.48.